The van der Waals surface area contributed by atoms with Crippen molar-refractivity contribution in [3.63, 3.8) is 0 Å². The van der Waals surface area contributed by atoms with Gasteiger partial charge in [-0.2, -0.15) is 11.8 Å². The zero-order valence-corrected chi connectivity index (χ0v) is 15.6. The van der Waals surface area contributed by atoms with E-state index in [4.69, 9.17) is 4.74 Å². The van der Waals surface area contributed by atoms with Gasteiger partial charge in [-0.15, -0.1) is 0 Å². The number of guanidine groups is 1. The van der Waals surface area contributed by atoms with Crippen LogP contribution in [0.25, 0.3) is 0 Å². The van der Waals surface area contributed by atoms with Crippen molar-refractivity contribution in [3.05, 3.63) is 35.1 Å². The summed E-state index contributed by atoms with van der Waals surface area (Å²) < 4.78 is 18.7. The van der Waals surface area contributed by atoms with E-state index in [0.29, 0.717) is 18.2 Å². The predicted octanol–water partition coefficient (Wildman–Crippen LogP) is 3.31. The second-order valence-corrected chi connectivity index (χ2v) is 7.20. The number of nitrogens with zero attached hydrogens (tertiary/aromatic N) is 1. The number of nitrogens with one attached hydrogen (secondary N) is 2. The monoisotopic (exact) mass is 353 g/mol. The highest BCUT2D eigenvalue weighted by Crippen LogP contribution is 2.28. The smallest absolute Gasteiger partial charge is 0.191 e. The molecule has 2 atom stereocenters. The van der Waals surface area contributed by atoms with Gasteiger partial charge in [-0.1, -0.05) is 6.07 Å². The van der Waals surface area contributed by atoms with Crippen LogP contribution in [0, 0.1) is 5.82 Å². The highest BCUT2D eigenvalue weighted by Gasteiger charge is 2.24. The van der Waals surface area contributed by atoms with Crippen LogP contribution >= 0.6 is 11.8 Å². The normalized spacial score (nSPS) is 21.1. The lowest BCUT2D eigenvalue weighted by Crippen LogP contribution is -2.42. The van der Waals surface area contributed by atoms with E-state index in [9.17, 15) is 4.39 Å². The summed E-state index contributed by atoms with van der Waals surface area (Å²) in [5.74, 6) is 0.602. The third-order valence-electron chi connectivity index (χ3n) is 4.23. The Bertz CT molecular complexity index is 553. The van der Waals surface area contributed by atoms with Crippen molar-refractivity contribution in [1.82, 2.24) is 10.6 Å². The number of halogens is 1. The molecule has 4 nitrogen and oxygen atoms in total. The molecule has 0 radical (unpaired) electrons. The number of benzene rings is 1. The SMILES string of the molecule is CCNC(=NCc1ccc(F)c(COC)c1)NC1CCC(SC)C1. The van der Waals surface area contributed by atoms with E-state index in [1.165, 1.54) is 25.3 Å². The largest absolute Gasteiger partial charge is 0.380 e. The molecule has 1 fully saturated rings. The van der Waals surface area contributed by atoms with Crippen LogP contribution in [0.2, 0.25) is 0 Å². The fourth-order valence-electron chi connectivity index (χ4n) is 2.96. The maximum absolute atomic E-state index is 13.7. The van der Waals surface area contributed by atoms with E-state index >= 15 is 0 Å². The molecule has 0 amide bonds. The van der Waals surface area contributed by atoms with E-state index in [-0.39, 0.29) is 12.4 Å². The van der Waals surface area contributed by atoms with Crippen LogP contribution in [0.4, 0.5) is 4.39 Å². The van der Waals surface area contributed by atoms with Crippen LogP contribution in [-0.2, 0) is 17.9 Å². The third kappa shape index (κ3) is 5.67. The van der Waals surface area contributed by atoms with Crippen LogP contribution in [-0.4, -0.2) is 37.2 Å². The molecule has 6 heteroatoms. The van der Waals surface area contributed by atoms with Crippen LogP contribution in [0.3, 0.4) is 0 Å². The molecule has 134 valence electrons. The molecular weight excluding hydrogens is 325 g/mol. The standard InChI is InChI=1S/C18H28FN3OS/c1-4-20-18(22-15-6-7-16(10-15)24-3)21-11-13-5-8-17(19)14(9-13)12-23-2/h5,8-9,15-16H,4,6-7,10-12H2,1-3H3,(H2,20,21,22). The molecule has 2 N–H and O–H groups in total. The van der Waals surface area contributed by atoms with Gasteiger partial charge in [-0.05, 0) is 50.1 Å². The van der Waals surface area contributed by atoms with Gasteiger partial charge in [0.05, 0.1) is 13.2 Å². The summed E-state index contributed by atoms with van der Waals surface area (Å²) in [7, 11) is 1.57. The minimum Gasteiger partial charge on any atom is -0.380 e. The van der Waals surface area contributed by atoms with Crippen molar-refractivity contribution >= 4 is 17.7 Å². The van der Waals surface area contributed by atoms with Crippen molar-refractivity contribution in [2.45, 2.75) is 50.6 Å². The van der Waals surface area contributed by atoms with Crippen molar-refractivity contribution in [2.75, 3.05) is 19.9 Å². The van der Waals surface area contributed by atoms with E-state index in [2.05, 4.69) is 28.8 Å². The van der Waals surface area contributed by atoms with Crippen molar-refractivity contribution in [1.29, 1.82) is 0 Å². The van der Waals surface area contributed by atoms with E-state index < -0.39 is 0 Å². The first-order valence-corrected chi connectivity index (χ1v) is 9.79. The molecule has 1 aliphatic carbocycles. The first-order chi connectivity index (χ1) is 11.7. The highest BCUT2D eigenvalue weighted by molar-refractivity contribution is 7.99. The fourth-order valence-corrected chi connectivity index (χ4v) is 3.76. The maximum atomic E-state index is 13.7. The van der Waals surface area contributed by atoms with Gasteiger partial charge in [0.2, 0.25) is 0 Å². The zero-order valence-electron chi connectivity index (χ0n) is 14.8. The molecular formula is C18H28FN3OS. The lowest BCUT2D eigenvalue weighted by Gasteiger charge is -2.17. The summed E-state index contributed by atoms with van der Waals surface area (Å²) in [6, 6.07) is 5.57. The van der Waals surface area contributed by atoms with Crippen molar-refractivity contribution in [3.8, 4) is 0 Å². The van der Waals surface area contributed by atoms with Crippen LogP contribution < -0.4 is 10.6 Å². The Kier molecular flexibility index (Phi) is 7.85. The third-order valence-corrected chi connectivity index (χ3v) is 5.33. The molecule has 0 aliphatic heterocycles. The Hall–Kier alpha value is -1.27. The molecule has 0 spiro atoms. The molecule has 1 aromatic rings. The number of methoxy groups -OCH3 is 1. The van der Waals surface area contributed by atoms with Gasteiger partial charge in [0.15, 0.2) is 5.96 Å². The Morgan fingerprint density at radius 1 is 1.42 bits per heavy atom. The van der Waals surface area contributed by atoms with Gasteiger partial charge in [-0.3, -0.25) is 0 Å². The number of aliphatic imine (C=N–C) groups is 1. The van der Waals surface area contributed by atoms with Crippen molar-refractivity contribution in [2.24, 2.45) is 4.99 Å². The van der Waals surface area contributed by atoms with Crippen LogP contribution in [0.1, 0.15) is 37.3 Å². The summed E-state index contributed by atoms with van der Waals surface area (Å²) >= 11 is 1.95. The summed E-state index contributed by atoms with van der Waals surface area (Å²) in [4.78, 5) is 4.65. The molecule has 0 saturated heterocycles. The van der Waals surface area contributed by atoms with E-state index in [1.807, 2.05) is 17.8 Å². The maximum Gasteiger partial charge on any atom is 0.191 e. The Morgan fingerprint density at radius 2 is 2.25 bits per heavy atom. The number of ether oxygens (including phenoxy) is 1. The Balaban J connectivity index is 1.99. The molecule has 2 unspecified atom stereocenters. The van der Waals surface area contributed by atoms with Gasteiger partial charge in [-0.25, -0.2) is 9.38 Å². The van der Waals surface area contributed by atoms with Gasteiger partial charge in [0.1, 0.15) is 5.82 Å². The van der Waals surface area contributed by atoms with E-state index in [1.54, 1.807) is 13.2 Å². The molecule has 1 aliphatic rings. The number of rotatable bonds is 7. The average Bonchev–Trinajstić information content (AvgIpc) is 3.03. The first-order valence-electron chi connectivity index (χ1n) is 8.50. The Labute approximate surface area is 148 Å². The van der Waals surface area contributed by atoms with Crippen LogP contribution in [0.15, 0.2) is 23.2 Å². The molecule has 1 saturated carbocycles. The van der Waals surface area contributed by atoms with Gasteiger partial charge >= 0.3 is 0 Å². The molecule has 0 heterocycles. The number of hydrogen-bond donors (Lipinski definition) is 2. The second-order valence-electron chi connectivity index (χ2n) is 6.07. The fraction of sp³-hybridized carbons (Fsp3) is 0.611. The molecule has 2 rings (SSSR count). The zero-order chi connectivity index (χ0) is 17.4. The molecule has 1 aromatic carbocycles. The first kappa shape index (κ1) is 19.1. The minimum absolute atomic E-state index is 0.233. The average molecular weight is 354 g/mol. The molecule has 0 aromatic heterocycles. The summed E-state index contributed by atoms with van der Waals surface area (Å²) in [6.45, 7) is 3.68. The Morgan fingerprint density at radius 3 is 2.92 bits per heavy atom. The quantitative estimate of drug-likeness (QED) is 0.583. The lowest BCUT2D eigenvalue weighted by molar-refractivity contribution is 0.181. The summed E-state index contributed by atoms with van der Waals surface area (Å²) in [5, 5.41) is 7.58. The summed E-state index contributed by atoms with van der Waals surface area (Å²) in [5.41, 5.74) is 1.55. The highest BCUT2D eigenvalue weighted by atomic mass is 32.2. The van der Waals surface area contributed by atoms with Gasteiger partial charge in [0, 0.05) is 30.5 Å². The van der Waals surface area contributed by atoms with E-state index in [0.717, 1.165) is 23.3 Å². The van der Waals surface area contributed by atoms with Crippen LogP contribution in [0.5, 0.6) is 0 Å². The molecule has 24 heavy (non-hydrogen) atoms. The van der Waals surface area contributed by atoms with Gasteiger partial charge < -0.3 is 15.4 Å². The second kappa shape index (κ2) is 9.89. The number of hydrogen-bond acceptors (Lipinski definition) is 3. The summed E-state index contributed by atoms with van der Waals surface area (Å²) in [6.07, 6.45) is 5.81. The minimum atomic E-state index is -0.233. The van der Waals surface area contributed by atoms with Gasteiger partial charge in [0.25, 0.3) is 0 Å². The lowest BCUT2D eigenvalue weighted by atomic mass is 10.1. The molecule has 0 bridgehead atoms. The topological polar surface area (TPSA) is 45.7 Å². The number of thioether (sulfide) groups is 1. The predicted molar refractivity (Wildman–Crippen MR) is 100 cm³/mol. The van der Waals surface area contributed by atoms with Crippen molar-refractivity contribution < 1.29 is 9.13 Å².